The zero-order valence-corrected chi connectivity index (χ0v) is 18.9. The van der Waals surface area contributed by atoms with Crippen LogP contribution in [0.1, 0.15) is 16.7 Å². The van der Waals surface area contributed by atoms with Crippen molar-refractivity contribution in [2.45, 2.75) is 6.92 Å². The van der Waals surface area contributed by atoms with E-state index in [-0.39, 0.29) is 5.56 Å². The molecule has 0 bridgehead atoms. The lowest BCUT2D eigenvalue weighted by Crippen LogP contribution is -2.20. The van der Waals surface area contributed by atoms with Crippen molar-refractivity contribution in [1.29, 1.82) is 10.5 Å². The third kappa shape index (κ3) is 3.92. The highest BCUT2D eigenvalue weighted by molar-refractivity contribution is 6.04. The molecule has 6 nitrogen and oxygen atoms in total. The Morgan fingerprint density at radius 3 is 2.38 bits per heavy atom. The molecule has 0 saturated carbocycles. The van der Waals surface area contributed by atoms with Crippen LogP contribution in [-0.2, 0) is 4.79 Å². The van der Waals surface area contributed by atoms with Crippen LogP contribution in [0.15, 0.2) is 60.8 Å². The fourth-order valence-electron chi connectivity index (χ4n) is 3.97. The van der Waals surface area contributed by atoms with Crippen molar-refractivity contribution >= 4 is 34.4 Å². The van der Waals surface area contributed by atoms with Crippen molar-refractivity contribution in [3.05, 3.63) is 83.3 Å². The highest BCUT2D eigenvalue weighted by Gasteiger charge is 2.19. The molecule has 0 aliphatic rings. The first-order chi connectivity index (χ1) is 16.4. The van der Waals surface area contributed by atoms with Gasteiger partial charge in [-0.25, -0.2) is 4.39 Å². The largest absolute Gasteiger partial charge is 0.342 e. The predicted molar refractivity (Wildman–Crippen MR) is 130 cm³/mol. The van der Waals surface area contributed by atoms with E-state index in [0.717, 1.165) is 27.9 Å². The molecule has 1 aromatic heterocycles. The maximum Gasteiger partial charge on any atom is 0.213 e. The number of anilines is 3. The summed E-state index contributed by atoms with van der Waals surface area (Å²) in [5.41, 5.74) is 5.72. The molecule has 34 heavy (non-hydrogen) atoms. The smallest absolute Gasteiger partial charge is 0.213 e. The lowest BCUT2D eigenvalue weighted by atomic mass is 9.99. The zero-order chi connectivity index (χ0) is 24.4. The Bertz CT molecular complexity index is 1520. The number of nitriles is 2. The summed E-state index contributed by atoms with van der Waals surface area (Å²) in [7, 11) is 3.52. The fourth-order valence-corrected chi connectivity index (χ4v) is 3.97. The van der Waals surface area contributed by atoms with Crippen LogP contribution < -0.4 is 9.80 Å². The molecule has 0 spiro atoms. The van der Waals surface area contributed by atoms with Crippen molar-refractivity contribution in [3.63, 3.8) is 0 Å². The molecule has 1 amide bonds. The Kier molecular flexibility index (Phi) is 5.95. The number of rotatable bonds is 5. The fraction of sp³-hybridized carbons (Fsp3) is 0.111. The van der Waals surface area contributed by atoms with Gasteiger partial charge in [-0.1, -0.05) is 18.2 Å². The molecule has 3 aromatic carbocycles. The van der Waals surface area contributed by atoms with E-state index in [0.29, 0.717) is 28.7 Å². The summed E-state index contributed by atoms with van der Waals surface area (Å²) < 4.78 is 13.9. The first-order valence-electron chi connectivity index (χ1n) is 10.4. The van der Waals surface area contributed by atoms with Gasteiger partial charge >= 0.3 is 0 Å². The van der Waals surface area contributed by atoms with Crippen LogP contribution in [0.2, 0.25) is 0 Å². The van der Waals surface area contributed by atoms with E-state index < -0.39 is 5.82 Å². The third-order valence-electron chi connectivity index (χ3n) is 5.81. The average molecular weight is 449 g/mol. The molecular weight excluding hydrogens is 429 g/mol. The van der Waals surface area contributed by atoms with Gasteiger partial charge in [-0.2, -0.15) is 10.5 Å². The molecule has 0 fully saturated rings. The van der Waals surface area contributed by atoms with E-state index in [1.807, 2.05) is 49.2 Å². The van der Waals surface area contributed by atoms with Crippen LogP contribution in [0.5, 0.6) is 0 Å². The van der Waals surface area contributed by atoms with Crippen LogP contribution in [0, 0.1) is 35.4 Å². The van der Waals surface area contributed by atoms with E-state index in [1.165, 1.54) is 17.0 Å². The lowest BCUT2D eigenvalue weighted by Gasteiger charge is -2.28. The third-order valence-corrected chi connectivity index (χ3v) is 5.81. The van der Waals surface area contributed by atoms with Gasteiger partial charge in [0.15, 0.2) is 0 Å². The van der Waals surface area contributed by atoms with Gasteiger partial charge < -0.3 is 9.80 Å². The molecule has 1 heterocycles. The second-order valence-corrected chi connectivity index (χ2v) is 7.92. The molecule has 0 atom stereocenters. The minimum Gasteiger partial charge on any atom is -0.342 e. The lowest BCUT2D eigenvalue weighted by molar-refractivity contribution is -0.107. The van der Waals surface area contributed by atoms with E-state index >= 15 is 0 Å². The number of hydrogen-bond donors (Lipinski definition) is 0. The van der Waals surface area contributed by atoms with Gasteiger partial charge in [-0.3, -0.25) is 9.78 Å². The predicted octanol–water partition coefficient (Wildman–Crippen LogP) is 5.45. The Hall–Kier alpha value is -4.75. The van der Waals surface area contributed by atoms with Gasteiger partial charge in [0.1, 0.15) is 11.9 Å². The molecule has 0 N–H and O–H groups in total. The maximum atomic E-state index is 13.9. The zero-order valence-electron chi connectivity index (χ0n) is 18.9. The van der Waals surface area contributed by atoms with Crippen molar-refractivity contribution < 1.29 is 9.18 Å². The standard InChI is InChI=1S/C27H20FN5O/c1-17-4-5-18(13-29)10-25(17)33(3)27-22-12-20(19-6-8-23(28)21(11-19)14-30)7-9-24(22)31-15-26(27)32(2)16-34/h4-12,15-16H,1-3H3. The van der Waals surface area contributed by atoms with Gasteiger partial charge in [0, 0.05) is 25.2 Å². The Labute approximate surface area is 196 Å². The number of pyridine rings is 1. The van der Waals surface area contributed by atoms with E-state index in [1.54, 1.807) is 31.4 Å². The SMILES string of the molecule is Cc1ccc(C#N)cc1N(C)c1c(N(C)C=O)cnc2ccc(-c3ccc(F)c(C#N)c3)cc12. The normalized spacial score (nSPS) is 10.4. The minimum absolute atomic E-state index is 0.0357. The maximum absolute atomic E-state index is 13.9. The quantitative estimate of drug-likeness (QED) is 0.378. The number of hydrogen-bond acceptors (Lipinski definition) is 5. The second kappa shape index (κ2) is 9.01. The number of carbonyl (C=O) groups is 1. The van der Waals surface area contributed by atoms with Gasteiger partial charge in [0.05, 0.1) is 40.3 Å². The summed E-state index contributed by atoms with van der Waals surface area (Å²) >= 11 is 0. The number of aryl methyl sites for hydroxylation is 1. The monoisotopic (exact) mass is 449 g/mol. The molecule has 0 unspecified atom stereocenters. The van der Waals surface area contributed by atoms with E-state index in [9.17, 15) is 19.7 Å². The van der Waals surface area contributed by atoms with E-state index in [4.69, 9.17) is 0 Å². The summed E-state index contributed by atoms with van der Waals surface area (Å²) in [6.45, 7) is 1.95. The first-order valence-corrected chi connectivity index (χ1v) is 10.4. The Morgan fingerprint density at radius 2 is 1.68 bits per heavy atom. The van der Waals surface area contributed by atoms with Crippen LogP contribution in [0.3, 0.4) is 0 Å². The van der Waals surface area contributed by atoms with Crippen molar-refractivity contribution in [2.24, 2.45) is 0 Å². The number of fused-ring (bicyclic) bond motifs is 1. The number of nitrogens with zero attached hydrogens (tertiary/aromatic N) is 5. The second-order valence-electron chi connectivity index (χ2n) is 7.92. The molecular formula is C27H20FN5O. The van der Waals surface area contributed by atoms with Gasteiger partial charge in [0.25, 0.3) is 0 Å². The van der Waals surface area contributed by atoms with Crippen LogP contribution in [-0.4, -0.2) is 25.5 Å². The van der Waals surface area contributed by atoms with E-state index in [2.05, 4.69) is 11.1 Å². The van der Waals surface area contributed by atoms with Gasteiger partial charge in [-0.05, 0) is 60.0 Å². The Morgan fingerprint density at radius 1 is 0.941 bits per heavy atom. The number of benzene rings is 3. The summed E-state index contributed by atoms with van der Waals surface area (Å²) in [5.74, 6) is -0.572. The van der Waals surface area contributed by atoms with Crippen LogP contribution in [0.4, 0.5) is 21.5 Å². The van der Waals surface area contributed by atoms with Gasteiger partial charge in [-0.15, -0.1) is 0 Å². The molecule has 0 aliphatic heterocycles. The average Bonchev–Trinajstić information content (AvgIpc) is 2.87. The van der Waals surface area contributed by atoms with Gasteiger partial charge in [0.2, 0.25) is 6.41 Å². The summed E-state index contributed by atoms with van der Waals surface area (Å²) in [4.78, 5) is 19.6. The molecule has 166 valence electrons. The summed E-state index contributed by atoms with van der Waals surface area (Å²) in [6, 6.07) is 19.5. The van der Waals surface area contributed by atoms with Crippen molar-refractivity contribution in [3.8, 4) is 23.3 Å². The van der Waals surface area contributed by atoms with Crippen molar-refractivity contribution in [2.75, 3.05) is 23.9 Å². The van der Waals surface area contributed by atoms with Crippen LogP contribution >= 0.6 is 0 Å². The number of carbonyl (C=O) groups excluding carboxylic acids is 1. The number of aromatic nitrogens is 1. The minimum atomic E-state index is -0.572. The molecule has 0 aliphatic carbocycles. The molecule has 0 saturated heterocycles. The van der Waals surface area contributed by atoms with Crippen LogP contribution in [0.25, 0.3) is 22.0 Å². The molecule has 4 rings (SSSR count). The number of amides is 1. The summed E-state index contributed by atoms with van der Waals surface area (Å²) in [5, 5.41) is 19.4. The highest BCUT2D eigenvalue weighted by Crippen LogP contribution is 2.40. The molecule has 7 heteroatoms. The van der Waals surface area contributed by atoms with Crippen molar-refractivity contribution in [1.82, 2.24) is 4.98 Å². The molecule has 0 radical (unpaired) electrons. The highest BCUT2D eigenvalue weighted by atomic mass is 19.1. The first kappa shape index (κ1) is 22.4. The Balaban J connectivity index is 2.00. The summed E-state index contributed by atoms with van der Waals surface area (Å²) in [6.07, 6.45) is 2.35. The topological polar surface area (TPSA) is 84.0 Å². The molecule has 4 aromatic rings. The number of halogens is 1.